The van der Waals surface area contributed by atoms with E-state index in [0.29, 0.717) is 16.9 Å². The molecular weight excluding hydrogens is 375 g/mol. The summed E-state index contributed by atoms with van der Waals surface area (Å²) in [5.74, 6) is -1.26. The Morgan fingerprint density at radius 3 is 2.41 bits per heavy atom. The molecule has 6 nitrogen and oxygen atoms in total. The highest BCUT2D eigenvalue weighted by Crippen LogP contribution is 2.43. The van der Waals surface area contributed by atoms with Crippen LogP contribution in [-0.2, 0) is 14.3 Å². The molecule has 1 aliphatic rings. The van der Waals surface area contributed by atoms with Crippen molar-refractivity contribution in [1.82, 2.24) is 0 Å². The van der Waals surface area contributed by atoms with Gasteiger partial charge in [0, 0.05) is 5.56 Å². The van der Waals surface area contributed by atoms with Crippen LogP contribution in [0.2, 0.25) is 0 Å². The number of methoxy groups -OCH3 is 1. The zero-order valence-electron chi connectivity index (χ0n) is 15.9. The Hall–Kier alpha value is -3.79. The minimum Gasteiger partial charge on any atom is -0.497 e. The van der Waals surface area contributed by atoms with Gasteiger partial charge in [0.25, 0.3) is 0 Å². The molecule has 0 saturated carbocycles. The zero-order chi connectivity index (χ0) is 21.0. The van der Waals surface area contributed by atoms with Gasteiger partial charge in [0.1, 0.15) is 29.0 Å². The second kappa shape index (κ2) is 8.48. The average molecular weight is 394 g/mol. The number of allylic oxidation sites excluding steroid dienone is 1. The predicted molar refractivity (Wildman–Crippen MR) is 104 cm³/mol. The first kappa shape index (κ1) is 20.0. The molecule has 0 fully saturated rings. The third-order valence-electron chi connectivity index (χ3n) is 4.47. The molecule has 0 bridgehead atoms. The normalized spacial score (nSPS) is 16.1. The maximum atomic E-state index is 13.5. The van der Waals surface area contributed by atoms with Crippen LogP contribution < -0.4 is 10.5 Å². The summed E-state index contributed by atoms with van der Waals surface area (Å²) in [5.41, 5.74) is 7.26. The lowest BCUT2D eigenvalue weighted by atomic mass is 9.82. The Morgan fingerprint density at radius 1 is 1.21 bits per heavy atom. The van der Waals surface area contributed by atoms with Gasteiger partial charge in [0.15, 0.2) is 0 Å². The van der Waals surface area contributed by atoms with Gasteiger partial charge in [0.05, 0.1) is 25.2 Å². The predicted octanol–water partition coefficient (Wildman–Crippen LogP) is 3.62. The lowest BCUT2D eigenvalue weighted by Crippen LogP contribution is -2.25. The highest BCUT2D eigenvalue weighted by Gasteiger charge is 2.38. The number of carbonyl (C=O) groups is 1. The van der Waals surface area contributed by atoms with Crippen molar-refractivity contribution in [3.8, 4) is 11.8 Å². The summed E-state index contributed by atoms with van der Waals surface area (Å²) >= 11 is 0. The fraction of sp³-hybridized carbons (Fsp3) is 0.182. The number of hydrogen-bond donors (Lipinski definition) is 1. The molecule has 0 radical (unpaired) electrons. The first-order valence-corrected chi connectivity index (χ1v) is 8.88. The largest absolute Gasteiger partial charge is 0.497 e. The van der Waals surface area contributed by atoms with Gasteiger partial charge >= 0.3 is 5.97 Å². The standard InChI is InChI=1S/C22H19FN2O4/c1-3-28-22(26)19-18(13-4-8-15(23)9-5-13)17(12-24)21(25)29-20(19)14-6-10-16(27-2)11-7-14/h4-11,18H,3,25H2,1-2H3/t18-/m0/s1. The van der Waals surface area contributed by atoms with Crippen molar-refractivity contribution < 1.29 is 23.4 Å². The molecule has 0 aromatic heterocycles. The third kappa shape index (κ3) is 3.92. The SMILES string of the molecule is CCOC(=O)C1=C(c2ccc(OC)cc2)OC(N)=C(C#N)[C@@H]1c1ccc(F)cc1. The second-order valence-corrected chi connectivity index (χ2v) is 6.17. The molecule has 3 rings (SSSR count). The molecule has 1 heterocycles. The number of halogens is 1. The maximum Gasteiger partial charge on any atom is 0.338 e. The molecule has 1 aliphatic heterocycles. The van der Waals surface area contributed by atoms with Gasteiger partial charge in [-0.05, 0) is 48.9 Å². The van der Waals surface area contributed by atoms with Gasteiger partial charge in [-0.3, -0.25) is 0 Å². The Bertz CT molecular complexity index is 1020. The minimum atomic E-state index is -0.856. The molecule has 0 saturated heterocycles. The Kier molecular flexibility index (Phi) is 5.84. The van der Waals surface area contributed by atoms with E-state index in [1.807, 2.05) is 6.07 Å². The summed E-state index contributed by atoms with van der Waals surface area (Å²) in [5, 5.41) is 9.67. The number of esters is 1. The Balaban J connectivity index is 2.24. The summed E-state index contributed by atoms with van der Waals surface area (Å²) in [6, 6.07) is 14.4. The van der Waals surface area contributed by atoms with Gasteiger partial charge in [-0.2, -0.15) is 5.26 Å². The van der Waals surface area contributed by atoms with Gasteiger partial charge in [-0.1, -0.05) is 12.1 Å². The summed E-state index contributed by atoms with van der Waals surface area (Å²) in [6.45, 7) is 1.81. The minimum absolute atomic E-state index is 0.0527. The van der Waals surface area contributed by atoms with Gasteiger partial charge in [-0.25, -0.2) is 9.18 Å². The number of nitrogens with two attached hydrogens (primary N) is 1. The number of rotatable bonds is 5. The molecule has 2 N–H and O–H groups in total. The first-order chi connectivity index (χ1) is 14.0. The van der Waals surface area contributed by atoms with E-state index in [1.54, 1.807) is 38.3 Å². The number of benzene rings is 2. The van der Waals surface area contributed by atoms with E-state index in [0.717, 1.165) is 0 Å². The Morgan fingerprint density at radius 2 is 1.86 bits per heavy atom. The molecule has 0 amide bonds. The molecule has 7 heteroatoms. The van der Waals surface area contributed by atoms with E-state index < -0.39 is 17.7 Å². The van der Waals surface area contributed by atoms with Crippen molar-refractivity contribution in [2.75, 3.05) is 13.7 Å². The van der Waals surface area contributed by atoms with Crippen LogP contribution in [0.15, 0.2) is 65.6 Å². The van der Waals surface area contributed by atoms with Crippen LogP contribution in [-0.4, -0.2) is 19.7 Å². The quantitative estimate of drug-likeness (QED) is 0.779. The van der Waals surface area contributed by atoms with Crippen LogP contribution in [0.4, 0.5) is 4.39 Å². The number of hydrogen-bond acceptors (Lipinski definition) is 6. The molecule has 148 valence electrons. The van der Waals surface area contributed by atoms with E-state index in [9.17, 15) is 14.4 Å². The highest BCUT2D eigenvalue weighted by molar-refractivity contribution is 5.99. The van der Waals surface area contributed by atoms with E-state index in [-0.39, 0.29) is 29.4 Å². The molecule has 0 unspecified atom stereocenters. The second-order valence-electron chi connectivity index (χ2n) is 6.17. The van der Waals surface area contributed by atoms with Crippen LogP contribution in [0, 0.1) is 17.1 Å². The van der Waals surface area contributed by atoms with Crippen LogP contribution in [0.1, 0.15) is 24.0 Å². The van der Waals surface area contributed by atoms with E-state index in [2.05, 4.69) is 0 Å². The van der Waals surface area contributed by atoms with Crippen molar-refractivity contribution in [3.05, 3.63) is 82.5 Å². The smallest absolute Gasteiger partial charge is 0.338 e. The average Bonchev–Trinajstić information content (AvgIpc) is 2.73. The van der Waals surface area contributed by atoms with Crippen molar-refractivity contribution >= 4 is 11.7 Å². The van der Waals surface area contributed by atoms with Crippen molar-refractivity contribution in [2.24, 2.45) is 5.73 Å². The fourth-order valence-electron chi connectivity index (χ4n) is 3.12. The van der Waals surface area contributed by atoms with Crippen molar-refractivity contribution in [3.63, 3.8) is 0 Å². The molecule has 29 heavy (non-hydrogen) atoms. The first-order valence-electron chi connectivity index (χ1n) is 8.88. The van der Waals surface area contributed by atoms with Gasteiger partial charge in [0.2, 0.25) is 5.88 Å². The zero-order valence-corrected chi connectivity index (χ0v) is 15.9. The topological polar surface area (TPSA) is 94.6 Å². The fourth-order valence-corrected chi connectivity index (χ4v) is 3.12. The van der Waals surface area contributed by atoms with Crippen molar-refractivity contribution in [1.29, 1.82) is 5.26 Å². The van der Waals surface area contributed by atoms with Gasteiger partial charge < -0.3 is 19.9 Å². The number of nitriles is 1. The Labute approximate surface area is 167 Å². The van der Waals surface area contributed by atoms with Crippen molar-refractivity contribution in [2.45, 2.75) is 12.8 Å². The van der Waals surface area contributed by atoms with E-state index >= 15 is 0 Å². The number of ether oxygens (including phenoxy) is 3. The summed E-state index contributed by atoms with van der Waals surface area (Å²) < 4.78 is 29.6. The number of carbonyl (C=O) groups excluding carboxylic acids is 1. The maximum absolute atomic E-state index is 13.5. The van der Waals surface area contributed by atoms with Gasteiger partial charge in [-0.15, -0.1) is 0 Å². The van der Waals surface area contributed by atoms with Crippen LogP contribution in [0.3, 0.4) is 0 Å². The third-order valence-corrected chi connectivity index (χ3v) is 4.47. The number of nitrogens with zero attached hydrogens (tertiary/aromatic N) is 1. The van der Waals surface area contributed by atoms with E-state index in [4.69, 9.17) is 19.9 Å². The van der Waals surface area contributed by atoms with Crippen LogP contribution in [0.25, 0.3) is 5.76 Å². The monoisotopic (exact) mass is 394 g/mol. The molecule has 2 aromatic rings. The van der Waals surface area contributed by atoms with E-state index in [1.165, 1.54) is 24.3 Å². The van der Waals surface area contributed by atoms with Crippen LogP contribution >= 0.6 is 0 Å². The lowest BCUT2D eigenvalue weighted by Gasteiger charge is -2.28. The lowest BCUT2D eigenvalue weighted by molar-refractivity contribution is -0.138. The molecule has 0 aliphatic carbocycles. The summed E-state index contributed by atoms with van der Waals surface area (Å²) in [7, 11) is 1.54. The van der Waals surface area contributed by atoms with Crippen LogP contribution in [0.5, 0.6) is 5.75 Å². The molecule has 1 atom stereocenters. The highest BCUT2D eigenvalue weighted by atomic mass is 19.1. The molecule has 2 aromatic carbocycles. The summed E-state index contributed by atoms with van der Waals surface area (Å²) in [4.78, 5) is 12.9. The molecular formula is C22H19FN2O4. The summed E-state index contributed by atoms with van der Waals surface area (Å²) in [6.07, 6.45) is 0. The molecule has 0 spiro atoms.